The summed E-state index contributed by atoms with van der Waals surface area (Å²) >= 11 is 0. The summed E-state index contributed by atoms with van der Waals surface area (Å²) in [5.74, 6) is 2.22. The van der Waals surface area contributed by atoms with E-state index in [4.69, 9.17) is 14.2 Å². The molecule has 4 nitrogen and oxygen atoms in total. The molecule has 18 heavy (non-hydrogen) atoms. The predicted molar refractivity (Wildman–Crippen MR) is 66.1 cm³/mol. The summed E-state index contributed by atoms with van der Waals surface area (Å²) in [5, 5.41) is 9.62. The Kier molecular flexibility index (Phi) is 3.04. The van der Waals surface area contributed by atoms with Crippen LogP contribution in [0.5, 0.6) is 17.2 Å². The highest BCUT2D eigenvalue weighted by Gasteiger charge is 2.33. The van der Waals surface area contributed by atoms with Crippen molar-refractivity contribution in [2.24, 2.45) is 0 Å². The van der Waals surface area contributed by atoms with E-state index in [9.17, 15) is 5.11 Å². The number of hydrogen-bond acceptors (Lipinski definition) is 4. The summed E-state index contributed by atoms with van der Waals surface area (Å²) in [7, 11) is 0. The highest BCUT2D eigenvalue weighted by Crippen LogP contribution is 2.38. The van der Waals surface area contributed by atoms with Gasteiger partial charge in [-0.05, 0) is 37.8 Å². The molecule has 0 spiro atoms. The molecule has 4 heteroatoms. The Labute approximate surface area is 106 Å². The van der Waals surface area contributed by atoms with Gasteiger partial charge in [0.25, 0.3) is 0 Å². The van der Waals surface area contributed by atoms with Crippen molar-refractivity contribution < 1.29 is 19.3 Å². The lowest BCUT2D eigenvalue weighted by molar-refractivity contribution is -0.0199. The zero-order chi connectivity index (χ0) is 12.4. The fourth-order valence-corrected chi connectivity index (χ4v) is 2.68. The van der Waals surface area contributed by atoms with Gasteiger partial charge >= 0.3 is 0 Å². The third-order valence-corrected chi connectivity index (χ3v) is 3.73. The Morgan fingerprint density at radius 3 is 2.67 bits per heavy atom. The van der Waals surface area contributed by atoms with Crippen molar-refractivity contribution in [1.82, 2.24) is 0 Å². The molecule has 1 aromatic rings. The molecule has 1 aliphatic carbocycles. The minimum Gasteiger partial charge on any atom is -0.485 e. The summed E-state index contributed by atoms with van der Waals surface area (Å²) < 4.78 is 16.6. The second-order valence-corrected chi connectivity index (χ2v) is 5.02. The lowest BCUT2D eigenvalue weighted by Gasteiger charge is -2.36. The van der Waals surface area contributed by atoms with Crippen molar-refractivity contribution in [3.8, 4) is 17.2 Å². The molecule has 0 bridgehead atoms. The van der Waals surface area contributed by atoms with Crippen molar-refractivity contribution in [1.29, 1.82) is 0 Å². The lowest BCUT2D eigenvalue weighted by atomic mass is 9.85. The van der Waals surface area contributed by atoms with E-state index >= 15 is 0 Å². The van der Waals surface area contributed by atoms with Crippen LogP contribution in [0, 0.1) is 0 Å². The van der Waals surface area contributed by atoms with Crippen LogP contribution in [-0.4, -0.2) is 24.1 Å². The van der Waals surface area contributed by atoms with Gasteiger partial charge in [0.2, 0.25) is 6.79 Å². The average Bonchev–Trinajstić information content (AvgIpc) is 2.87. The molecule has 2 aliphatic rings. The number of aliphatic hydroxyl groups is 1. The van der Waals surface area contributed by atoms with Crippen molar-refractivity contribution >= 4 is 0 Å². The SMILES string of the molecule is OCC1(Oc2ccc3c(c2)OCO3)CCCCC1. The molecule has 1 aromatic carbocycles. The molecular formula is C14H18O4. The predicted octanol–water partition coefficient (Wildman–Crippen LogP) is 2.49. The van der Waals surface area contributed by atoms with Crippen molar-refractivity contribution in [2.75, 3.05) is 13.4 Å². The summed E-state index contributed by atoms with van der Waals surface area (Å²) in [6.45, 7) is 0.339. The maximum absolute atomic E-state index is 9.62. The monoisotopic (exact) mass is 250 g/mol. The number of fused-ring (bicyclic) bond motifs is 1. The molecule has 0 radical (unpaired) electrons. The van der Waals surface area contributed by atoms with Crippen LogP contribution in [0.15, 0.2) is 18.2 Å². The number of benzene rings is 1. The first kappa shape index (κ1) is 11.7. The van der Waals surface area contributed by atoms with Crippen molar-refractivity contribution in [3.05, 3.63) is 18.2 Å². The standard InChI is InChI=1S/C14H18O4/c15-9-14(6-2-1-3-7-14)18-11-4-5-12-13(8-11)17-10-16-12/h4-5,8,15H,1-3,6-7,9-10H2. The van der Waals surface area contributed by atoms with Crippen LogP contribution in [0.2, 0.25) is 0 Å². The molecule has 0 saturated heterocycles. The van der Waals surface area contributed by atoms with Gasteiger partial charge in [0.05, 0.1) is 6.61 Å². The Morgan fingerprint density at radius 2 is 1.89 bits per heavy atom. The Hall–Kier alpha value is -1.42. The van der Waals surface area contributed by atoms with Gasteiger partial charge in [-0.25, -0.2) is 0 Å². The first-order chi connectivity index (χ1) is 8.81. The van der Waals surface area contributed by atoms with Crippen LogP contribution >= 0.6 is 0 Å². The zero-order valence-electron chi connectivity index (χ0n) is 10.4. The van der Waals surface area contributed by atoms with E-state index in [0.717, 1.165) is 42.9 Å². The highest BCUT2D eigenvalue weighted by atomic mass is 16.7. The third kappa shape index (κ3) is 2.12. The van der Waals surface area contributed by atoms with E-state index in [2.05, 4.69) is 0 Å². The zero-order valence-corrected chi connectivity index (χ0v) is 10.4. The second kappa shape index (κ2) is 4.69. The van der Waals surface area contributed by atoms with E-state index in [1.54, 1.807) is 0 Å². The molecule has 0 aromatic heterocycles. The minimum absolute atomic E-state index is 0.0709. The molecule has 98 valence electrons. The maximum atomic E-state index is 9.62. The van der Waals surface area contributed by atoms with Gasteiger partial charge in [-0.2, -0.15) is 0 Å². The Bertz CT molecular complexity index is 424. The van der Waals surface area contributed by atoms with Crippen LogP contribution in [0.3, 0.4) is 0 Å². The van der Waals surface area contributed by atoms with Crippen molar-refractivity contribution in [2.45, 2.75) is 37.7 Å². The molecule has 1 aliphatic heterocycles. The van der Waals surface area contributed by atoms with Gasteiger partial charge in [-0.15, -0.1) is 0 Å². The van der Waals surface area contributed by atoms with E-state index in [1.807, 2.05) is 18.2 Å². The minimum atomic E-state index is -0.411. The van der Waals surface area contributed by atoms with Gasteiger partial charge in [-0.1, -0.05) is 6.42 Å². The fraction of sp³-hybridized carbons (Fsp3) is 0.571. The normalized spacial score (nSPS) is 20.7. The second-order valence-electron chi connectivity index (χ2n) is 5.02. The van der Waals surface area contributed by atoms with Gasteiger partial charge in [0.15, 0.2) is 11.5 Å². The van der Waals surface area contributed by atoms with E-state index in [0.29, 0.717) is 0 Å². The summed E-state index contributed by atoms with van der Waals surface area (Å²) in [4.78, 5) is 0. The first-order valence-electron chi connectivity index (χ1n) is 6.51. The first-order valence-corrected chi connectivity index (χ1v) is 6.51. The van der Waals surface area contributed by atoms with Crippen LogP contribution in [0.4, 0.5) is 0 Å². The Balaban J connectivity index is 1.78. The smallest absolute Gasteiger partial charge is 0.231 e. The number of aliphatic hydroxyl groups excluding tert-OH is 1. The summed E-state index contributed by atoms with van der Waals surface area (Å²) in [5.41, 5.74) is -0.411. The van der Waals surface area contributed by atoms with Crippen LogP contribution < -0.4 is 14.2 Å². The third-order valence-electron chi connectivity index (χ3n) is 3.73. The summed E-state index contributed by atoms with van der Waals surface area (Å²) in [6.07, 6.45) is 5.29. The van der Waals surface area contributed by atoms with Gasteiger partial charge in [-0.3, -0.25) is 0 Å². The molecule has 3 rings (SSSR count). The number of ether oxygens (including phenoxy) is 3. The largest absolute Gasteiger partial charge is 0.485 e. The average molecular weight is 250 g/mol. The summed E-state index contributed by atoms with van der Waals surface area (Å²) in [6, 6.07) is 5.57. The molecule has 0 atom stereocenters. The van der Waals surface area contributed by atoms with Gasteiger partial charge in [0, 0.05) is 6.07 Å². The van der Waals surface area contributed by atoms with Crippen LogP contribution in [-0.2, 0) is 0 Å². The molecular weight excluding hydrogens is 232 g/mol. The van der Waals surface area contributed by atoms with Crippen LogP contribution in [0.1, 0.15) is 32.1 Å². The highest BCUT2D eigenvalue weighted by molar-refractivity contribution is 5.47. The van der Waals surface area contributed by atoms with E-state index in [1.165, 1.54) is 6.42 Å². The van der Waals surface area contributed by atoms with E-state index < -0.39 is 5.60 Å². The number of rotatable bonds is 3. The van der Waals surface area contributed by atoms with Gasteiger partial charge < -0.3 is 19.3 Å². The molecule has 1 heterocycles. The molecule has 1 N–H and O–H groups in total. The molecule has 0 unspecified atom stereocenters. The van der Waals surface area contributed by atoms with Crippen LogP contribution in [0.25, 0.3) is 0 Å². The molecule has 1 fully saturated rings. The number of hydrogen-bond donors (Lipinski definition) is 1. The van der Waals surface area contributed by atoms with E-state index in [-0.39, 0.29) is 13.4 Å². The molecule has 0 amide bonds. The lowest BCUT2D eigenvalue weighted by Crippen LogP contribution is -2.41. The van der Waals surface area contributed by atoms with Crippen molar-refractivity contribution in [3.63, 3.8) is 0 Å². The molecule has 1 saturated carbocycles. The fourth-order valence-electron chi connectivity index (χ4n) is 2.68. The quantitative estimate of drug-likeness (QED) is 0.895. The maximum Gasteiger partial charge on any atom is 0.231 e. The Morgan fingerprint density at radius 1 is 1.11 bits per heavy atom. The van der Waals surface area contributed by atoms with Gasteiger partial charge in [0.1, 0.15) is 11.4 Å². The topological polar surface area (TPSA) is 47.9 Å².